The van der Waals surface area contributed by atoms with E-state index in [0.29, 0.717) is 0 Å². The zero-order chi connectivity index (χ0) is 20.6. The lowest BCUT2D eigenvalue weighted by molar-refractivity contribution is -0.137. The van der Waals surface area contributed by atoms with Gasteiger partial charge in [-0.05, 0) is 39.3 Å². The van der Waals surface area contributed by atoms with Gasteiger partial charge >= 0.3 is 12.3 Å². The molecule has 1 heterocycles. The van der Waals surface area contributed by atoms with Crippen LogP contribution in [0.25, 0.3) is 0 Å². The fraction of sp³-hybridized carbons (Fsp3) is 0.556. The van der Waals surface area contributed by atoms with Gasteiger partial charge in [-0.3, -0.25) is 4.79 Å². The maximum Gasteiger partial charge on any atom is 0.417 e. The molecule has 0 aromatic heterocycles. The number of carbonyl (C=O) groups excluding carboxylic acids is 2. The van der Waals surface area contributed by atoms with Gasteiger partial charge in [0.1, 0.15) is 5.60 Å². The SMILES string of the molecule is CC(O)C1c2cccc(C(F)(F)F)c2C(=O)N1CCNC(=O)OC(C)(C)C. The van der Waals surface area contributed by atoms with Gasteiger partial charge in [-0.1, -0.05) is 12.1 Å². The van der Waals surface area contributed by atoms with Crippen molar-refractivity contribution < 1.29 is 32.6 Å². The molecule has 0 fully saturated rings. The van der Waals surface area contributed by atoms with E-state index >= 15 is 0 Å². The topological polar surface area (TPSA) is 78.9 Å². The van der Waals surface area contributed by atoms with E-state index < -0.39 is 47.1 Å². The first kappa shape index (κ1) is 21.0. The van der Waals surface area contributed by atoms with Crippen LogP contribution in [-0.2, 0) is 10.9 Å². The average molecular weight is 388 g/mol. The lowest BCUT2D eigenvalue weighted by atomic mass is 9.97. The van der Waals surface area contributed by atoms with Gasteiger partial charge in [0.2, 0.25) is 0 Å². The Balaban J connectivity index is 2.21. The number of aliphatic hydroxyl groups is 1. The Morgan fingerprint density at radius 3 is 2.48 bits per heavy atom. The van der Waals surface area contributed by atoms with E-state index in [0.717, 1.165) is 11.0 Å². The van der Waals surface area contributed by atoms with Crippen LogP contribution in [0.5, 0.6) is 0 Å². The molecule has 6 nitrogen and oxygen atoms in total. The minimum Gasteiger partial charge on any atom is -0.444 e. The average Bonchev–Trinajstić information content (AvgIpc) is 2.77. The molecule has 2 unspecified atom stereocenters. The number of halogens is 3. The van der Waals surface area contributed by atoms with Gasteiger partial charge in [-0.2, -0.15) is 13.2 Å². The monoisotopic (exact) mass is 388 g/mol. The molecule has 0 saturated carbocycles. The highest BCUT2D eigenvalue weighted by Crippen LogP contribution is 2.42. The van der Waals surface area contributed by atoms with Crippen LogP contribution in [0.3, 0.4) is 0 Å². The molecule has 150 valence electrons. The number of amides is 2. The Morgan fingerprint density at radius 1 is 1.33 bits per heavy atom. The summed E-state index contributed by atoms with van der Waals surface area (Å²) in [7, 11) is 0. The largest absolute Gasteiger partial charge is 0.444 e. The number of alkyl halides is 3. The van der Waals surface area contributed by atoms with Crippen molar-refractivity contribution in [2.24, 2.45) is 0 Å². The van der Waals surface area contributed by atoms with Crippen LogP contribution >= 0.6 is 0 Å². The van der Waals surface area contributed by atoms with Crippen LogP contribution in [0, 0.1) is 0 Å². The summed E-state index contributed by atoms with van der Waals surface area (Å²) in [5.41, 5.74) is -2.05. The third-order valence-corrected chi connectivity index (χ3v) is 4.01. The summed E-state index contributed by atoms with van der Waals surface area (Å²) < 4.78 is 44.9. The summed E-state index contributed by atoms with van der Waals surface area (Å²) >= 11 is 0. The summed E-state index contributed by atoms with van der Waals surface area (Å²) in [5.74, 6) is -0.824. The van der Waals surface area contributed by atoms with Gasteiger partial charge in [0.25, 0.3) is 5.91 Å². The molecular formula is C18H23F3N2O4. The molecule has 2 N–H and O–H groups in total. The molecule has 1 aliphatic rings. The van der Waals surface area contributed by atoms with Crippen molar-refractivity contribution in [3.05, 3.63) is 34.9 Å². The standard InChI is InChI=1S/C18H23F3N2O4/c1-10(24)14-11-6-5-7-12(18(19,20)21)13(11)15(25)23(14)9-8-22-16(26)27-17(2,3)4/h5-7,10,14,24H,8-9H2,1-4H3,(H,22,26). The lowest BCUT2D eigenvalue weighted by Crippen LogP contribution is -2.41. The van der Waals surface area contributed by atoms with E-state index in [1.807, 2.05) is 0 Å². The summed E-state index contributed by atoms with van der Waals surface area (Å²) in [6, 6.07) is 2.54. The molecule has 0 radical (unpaired) electrons. The Kier molecular flexibility index (Phi) is 5.74. The predicted octanol–water partition coefficient (Wildman–Crippen LogP) is 3.11. The molecule has 0 saturated heterocycles. The molecule has 0 bridgehead atoms. The molecule has 27 heavy (non-hydrogen) atoms. The highest BCUT2D eigenvalue weighted by molar-refractivity contribution is 6.01. The van der Waals surface area contributed by atoms with Crippen LogP contribution in [0.4, 0.5) is 18.0 Å². The summed E-state index contributed by atoms with van der Waals surface area (Å²) in [5, 5.41) is 12.5. The molecule has 1 aromatic carbocycles. The zero-order valence-electron chi connectivity index (χ0n) is 15.6. The predicted molar refractivity (Wildman–Crippen MR) is 91.1 cm³/mol. The van der Waals surface area contributed by atoms with E-state index in [-0.39, 0.29) is 18.7 Å². The summed E-state index contributed by atoms with van der Waals surface area (Å²) in [6.45, 7) is 6.38. The van der Waals surface area contributed by atoms with Gasteiger partial charge in [-0.25, -0.2) is 4.79 Å². The molecule has 1 aromatic rings. The number of carbonyl (C=O) groups is 2. The van der Waals surface area contributed by atoms with Crippen LogP contribution < -0.4 is 5.32 Å². The number of alkyl carbamates (subject to hydrolysis) is 1. The minimum absolute atomic E-state index is 0.0286. The Bertz CT molecular complexity index is 726. The molecular weight excluding hydrogens is 365 g/mol. The number of fused-ring (bicyclic) bond motifs is 1. The number of ether oxygens (including phenoxy) is 1. The fourth-order valence-corrected chi connectivity index (χ4v) is 3.08. The third-order valence-electron chi connectivity index (χ3n) is 4.01. The Hall–Kier alpha value is -2.29. The zero-order valence-corrected chi connectivity index (χ0v) is 15.6. The summed E-state index contributed by atoms with van der Waals surface area (Å²) in [6.07, 6.45) is -6.47. The smallest absolute Gasteiger partial charge is 0.417 e. The second-order valence-electron chi connectivity index (χ2n) is 7.38. The molecule has 2 amide bonds. The van der Waals surface area contributed by atoms with Crippen LogP contribution in [-0.4, -0.2) is 46.8 Å². The highest BCUT2D eigenvalue weighted by atomic mass is 19.4. The van der Waals surface area contributed by atoms with Gasteiger partial charge in [0.05, 0.1) is 23.3 Å². The Labute approximate surface area is 155 Å². The number of hydrogen-bond acceptors (Lipinski definition) is 4. The number of nitrogens with one attached hydrogen (secondary N) is 1. The van der Waals surface area contributed by atoms with E-state index in [1.54, 1.807) is 20.8 Å². The number of nitrogens with zero attached hydrogens (tertiary/aromatic N) is 1. The van der Waals surface area contributed by atoms with Gasteiger partial charge in [0, 0.05) is 13.1 Å². The summed E-state index contributed by atoms with van der Waals surface area (Å²) in [4.78, 5) is 25.5. The fourth-order valence-electron chi connectivity index (χ4n) is 3.08. The van der Waals surface area contributed by atoms with Gasteiger partial charge in [-0.15, -0.1) is 0 Å². The van der Waals surface area contributed by atoms with Crippen molar-refractivity contribution in [1.82, 2.24) is 10.2 Å². The van der Waals surface area contributed by atoms with Crippen molar-refractivity contribution in [2.45, 2.75) is 51.6 Å². The highest BCUT2D eigenvalue weighted by Gasteiger charge is 2.45. The van der Waals surface area contributed by atoms with E-state index in [9.17, 15) is 27.9 Å². The van der Waals surface area contributed by atoms with Gasteiger partial charge < -0.3 is 20.1 Å². The van der Waals surface area contributed by atoms with Crippen LogP contribution in [0.2, 0.25) is 0 Å². The first-order valence-electron chi connectivity index (χ1n) is 8.49. The number of benzene rings is 1. The molecule has 9 heteroatoms. The second-order valence-corrected chi connectivity index (χ2v) is 7.38. The number of rotatable bonds is 4. The molecule has 1 aliphatic heterocycles. The quantitative estimate of drug-likeness (QED) is 0.831. The molecule has 0 spiro atoms. The van der Waals surface area contributed by atoms with E-state index in [4.69, 9.17) is 4.74 Å². The Morgan fingerprint density at radius 2 is 1.96 bits per heavy atom. The number of aliphatic hydroxyl groups excluding tert-OH is 1. The van der Waals surface area contributed by atoms with Crippen molar-refractivity contribution in [1.29, 1.82) is 0 Å². The third kappa shape index (κ3) is 4.71. The lowest BCUT2D eigenvalue weighted by Gasteiger charge is -2.28. The minimum atomic E-state index is -4.69. The van der Waals surface area contributed by atoms with Crippen LogP contribution in [0.1, 0.15) is 55.2 Å². The first-order chi connectivity index (χ1) is 12.3. The van der Waals surface area contributed by atoms with E-state index in [1.165, 1.54) is 19.1 Å². The van der Waals surface area contributed by atoms with Crippen molar-refractivity contribution in [3.8, 4) is 0 Å². The number of hydrogen-bond donors (Lipinski definition) is 2. The van der Waals surface area contributed by atoms with Crippen molar-refractivity contribution in [2.75, 3.05) is 13.1 Å². The van der Waals surface area contributed by atoms with E-state index in [2.05, 4.69) is 5.32 Å². The van der Waals surface area contributed by atoms with Crippen LogP contribution in [0.15, 0.2) is 18.2 Å². The maximum absolute atomic E-state index is 13.3. The molecule has 2 atom stereocenters. The van der Waals surface area contributed by atoms with Crippen molar-refractivity contribution in [3.63, 3.8) is 0 Å². The second kappa shape index (κ2) is 7.38. The molecule has 0 aliphatic carbocycles. The van der Waals surface area contributed by atoms with Gasteiger partial charge in [0.15, 0.2) is 0 Å². The first-order valence-corrected chi connectivity index (χ1v) is 8.49. The normalized spacial score (nSPS) is 18.3. The maximum atomic E-state index is 13.3. The molecule has 2 rings (SSSR count). The van der Waals surface area contributed by atoms with Crippen molar-refractivity contribution >= 4 is 12.0 Å².